The molecule has 2 rings (SSSR count). The molecule has 2 aromatic carbocycles. The van der Waals surface area contributed by atoms with Crippen LogP contribution in [-0.2, 0) is 4.74 Å². The van der Waals surface area contributed by atoms with E-state index in [1.165, 1.54) is 24.9 Å². The van der Waals surface area contributed by atoms with Crippen LogP contribution in [0.2, 0.25) is 0 Å². The minimum absolute atomic E-state index is 0.357. The van der Waals surface area contributed by atoms with Crippen LogP contribution in [0.3, 0.4) is 0 Å². The molecular weight excluding hydrogens is 263 g/mol. The van der Waals surface area contributed by atoms with Crippen LogP contribution in [0.25, 0.3) is 11.1 Å². The Kier molecular flexibility index (Phi) is 4.22. The standard InChI is InChI=1S/C15H13FO2S/c1-18-15(17)13-9-10(19-2)7-8-11(13)12-5-3-4-6-14(12)16/h3-9H,1-2H3. The maximum Gasteiger partial charge on any atom is 0.338 e. The first-order valence-electron chi connectivity index (χ1n) is 5.68. The number of carbonyl (C=O) groups is 1. The van der Waals surface area contributed by atoms with Gasteiger partial charge in [-0.3, -0.25) is 0 Å². The Labute approximate surface area is 115 Å². The lowest BCUT2D eigenvalue weighted by molar-refractivity contribution is 0.0601. The third-order valence-electron chi connectivity index (χ3n) is 2.80. The summed E-state index contributed by atoms with van der Waals surface area (Å²) >= 11 is 1.52. The number of methoxy groups -OCH3 is 1. The number of halogens is 1. The summed E-state index contributed by atoms with van der Waals surface area (Å²) in [6, 6.07) is 11.7. The van der Waals surface area contributed by atoms with Crippen LogP contribution in [0.15, 0.2) is 47.4 Å². The molecule has 0 fully saturated rings. The number of carbonyl (C=O) groups excluding carboxylic acids is 1. The second kappa shape index (κ2) is 5.89. The number of rotatable bonds is 3. The lowest BCUT2D eigenvalue weighted by Crippen LogP contribution is -2.04. The summed E-state index contributed by atoms with van der Waals surface area (Å²) in [6.45, 7) is 0. The quantitative estimate of drug-likeness (QED) is 0.626. The molecule has 98 valence electrons. The molecule has 0 amide bonds. The molecule has 0 aliphatic carbocycles. The summed E-state index contributed by atoms with van der Waals surface area (Å²) < 4.78 is 18.6. The van der Waals surface area contributed by atoms with E-state index in [0.717, 1.165) is 4.90 Å². The Hall–Kier alpha value is -1.81. The molecule has 2 nitrogen and oxygen atoms in total. The Morgan fingerprint density at radius 3 is 2.53 bits per heavy atom. The summed E-state index contributed by atoms with van der Waals surface area (Å²) in [7, 11) is 1.32. The molecule has 4 heteroatoms. The van der Waals surface area contributed by atoms with Crippen molar-refractivity contribution in [2.75, 3.05) is 13.4 Å². The molecule has 0 saturated carbocycles. The van der Waals surface area contributed by atoms with Crippen LogP contribution < -0.4 is 0 Å². The third-order valence-corrected chi connectivity index (χ3v) is 3.52. The average molecular weight is 276 g/mol. The van der Waals surface area contributed by atoms with Gasteiger partial charge in [-0.05, 0) is 30.0 Å². The van der Waals surface area contributed by atoms with Crippen molar-refractivity contribution in [2.24, 2.45) is 0 Å². The Morgan fingerprint density at radius 1 is 1.16 bits per heavy atom. The molecule has 19 heavy (non-hydrogen) atoms. The molecule has 0 radical (unpaired) electrons. The van der Waals surface area contributed by atoms with Crippen molar-refractivity contribution < 1.29 is 13.9 Å². The SMILES string of the molecule is COC(=O)c1cc(SC)ccc1-c1ccccc1F. The molecular formula is C15H13FO2S. The second-order valence-electron chi connectivity index (χ2n) is 3.88. The zero-order valence-corrected chi connectivity index (χ0v) is 11.5. The van der Waals surface area contributed by atoms with Gasteiger partial charge in [0, 0.05) is 10.5 Å². The van der Waals surface area contributed by atoms with E-state index in [1.54, 1.807) is 30.3 Å². The van der Waals surface area contributed by atoms with E-state index in [4.69, 9.17) is 4.74 Å². The highest BCUT2D eigenvalue weighted by atomic mass is 32.2. The van der Waals surface area contributed by atoms with Crippen molar-refractivity contribution in [3.05, 3.63) is 53.8 Å². The van der Waals surface area contributed by atoms with E-state index in [1.807, 2.05) is 12.3 Å². The summed E-state index contributed by atoms with van der Waals surface area (Å²) in [5, 5.41) is 0. The van der Waals surface area contributed by atoms with E-state index in [2.05, 4.69) is 0 Å². The van der Waals surface area contributed by atoms with Gasteiger partial charge in [-0.1, -0.05) is 24.3 Å². The first kappa shape index (κ1) is 13.6. The molecule has 0 saturated heterocycles. The van der Waals surface area contributed by atoms with Crippen LogP contribution in [0.4, 0.5) is 4.39 Å². The van der Waals surface area contributed by atoms with Gasteiger partial charge in [-0.15, -0.1) is 11.8 Å². The maximum atomic E-state index is 13.8. The lowest BCUT2D eigenvalue weighted by Gasteiger charge is -2.10. The average Bonchev–Trinajstić information content (AvgIpc) is 2.46. The summed E-state index contributed by atoms with van der Waals surface area (Å²) in [5.74, 6) is -0.821. The second-order valence-corrected chi connectivity index (χ2v) is 4.76. The fourth-order valence-corrected chi connectivity index (χ4v) is 2.28. The molecule has 0 aliphatic rings. The fourth-order valence-electron chi connectivity index (χ4n) is 1.84. The van der Waals surface area contributed by atoms with Crippen LogP contribution in [0.1, 0.15) is 10.4 Å². The topological polar surface area (TPSA) is 26.3 Å². The summed E-state index contributed by atoms with van der Waals surface area (Å²) in [4.78, 5) is 12.8. The number of hydrogen-bond acceptors (Lipinski definition) is 3. The molecule has 0 atom stereocenters. The van der Waals surface area contributed by atoms with E-state index in [9.17, 15) is 9.18 Å². The zero-order valence-electron chi connectivity index (χ0n) is 10.6. The predicted octanol–water partition coefficient (Wildman–Crippen LogP) is 4.00. The molecule has 0 N–H and O–H groups in total. The molecule has 0 spiro atoms. The number of hydrogen-bond donors (Lipinski definition) is 0. The maximum absolute atomic E-state index is 13.8. The van der Waals surface area contributed by atoms with Crippen molar-refractivity contribution >= 4 is 17.7 Å². The largest absolute Gasteiger partial charge is 0.465 e. The van der Waals surface area contributed by atoms with Gasteiger partial charge >= 0.3 is 5.97 Å². The van der Waals surface area contributed by atoms with Crippen molar-refractivity contribution in [1.29, 1.82) is 0 Å². The van der Waals surface area contributed by atoms with Crippen molar-refractivity contribution in [2.45, 2.75) is 4.90 Å². The van der Waals surface area contributed by atoms with Gasteiger partial charge in [0.1, 0.15) is 5.82 Å². The van der Waals surface area contributed by atoms with Gasteiger partial charge in [-0.2, -0.15) is 0 Å². The van der Waals surface area contributed by atoms with Gasteiger partial charge in [0.2, 0.25) is 0 Å². The van der Waals surface area contributed by atoms with Crippen molar-refractivity contribution in [3.8, 4) is 11.1 Å². The molecule has 0 bridgehead atoms. The number of esters is 1. The highest BCUT2D eigenvalue weighted by Crippen LogP contribution is 2.30. The van der Waals surface area contributed by atoms with Crippen molar-refractivity contribution in [3.63, 3.8) is 0 Å². The molecule has 0 unspecified atom stereocenters. The fraction of sp³-hybridized carbons (Fsp3) is 0.133. The lowest BCUT2D eigenvalue weighted by atomic mass is 9.99. The van der Waals surface area contributed by atoms with Gasteiger partial charge in [-0.25, -0.2) is 9.18 Å². The van der Waals surface area contributed by atoms with Crippen LogP contribution >= 0.6 is 11.8 Å². The number of benzene rings is 2. The highest BCUT2D eigenvalue weighted by molar-refractivity contribution is 7.98. The smallest absolute Gasteiger partial charge is 0.338 e. The summed E-state index contributed by atoms with van der Waals surface area (Å²) in [5.41, 5.74) is 1.32. The molecule has 0 aromatic heterocycles. The molecule has 0 aliphatic heterocycles. The minimum atomic E-state index is -0.464. The van der Waals surface area contributed by atoms with E-state index in [0.29, 0.717) is 16.7 Å². The van der Waals surface area contributed by atoms with E-state index < -0.39 is 5.97 Å². The third kappa shape index (κ3) is 2.79. The minimum Gasteiger partial charge on any atom is -0.465 e. The van der Waals surface area contributed by atoms with Gasteiger partial charge in [0.05, 0.1) is 12.7 Å². The molecule has 2 aromatic rings. The highest BCUT2D eigenvalue weighted by Gasteiger charge is 2.16. The van der Waals surface area contributed by atoms with Crippen LogP contribution in [0.5, 0.6) is 0 Å². The zero-order chi connectivity index (χ0) is 13.8. The van der Waals surface area contributed by atoms with Crippen LogP contribution in [-0.4, -0.2) is 19.3 Å². The molecule has 0 heterocycles. The van der Waals surface area contributed by atoms with E-state index in [-0.39, 0.29) is 5.82 Å². The van der Waals surface area contributed by atoms with Gasteiger partial charge in [0.15, 0.2) is 0 Å². The van der Waals surface area contributed by atoms with Gasteiger partial charge in [0.25, 0.3) is 0 Å². The number of ether oxygens (including phenoxy) is 1. The first-order valence-corrected chi connectivity index (χ1v) is 6.91. The predicted molar refractivity (Wildman–Crippen MR) is 75.0 cm³/mol. The first-order chi connectivity index (χ1) is 9.17. The summed E-state index contributed by atoms with van der Waals surface area (Å²) in [6.07, 6.45) is 1.92. The van der Waals surface area contributed by atoms with E-state index >= 15 is 0 Å². The van der Waals surface area contributed by atoms with Crippen molar-refractivity contribution in [1.82, 2.24) is 0 Å². The Bertz CT molecular complexity index is 611. The van der Waals surface area contributed by atoms with Crippen LogP contribution in [0, 0.1) is 5.82 Å². The normalized spacial score (nSPS) is 10.3. The Morgan fingerprint density at radius 2 is 1.89 bits per heavy atom. The monoisotopic (exact) mass is 276 g/mol. The van der Waals surface area contributed by atoms with Gasteiger partial charge < -0.3 is 4.74 Å². The Balaban J connectivity index is 2.63. The number of thioether (sulfide) groups is 1.